The van der Waals surface area contributed by atoms with Crippen molar-refractivity contribution in [3.63, 3.8) is 0 Å². The van der Waals surface area contributed by atoms with Crippen molar-refractivity contribution in [2.24, 2.45) is 0 Å². The Morgan fingerprint density at radius 3 is 2.60 bits per heavy atom. The molecule has 4 heteroatoms. The zero-order valence-corrected chi connectivity index (χ0v) is 11.5. The van der Waals surface area contributed by atoms with Gasteiger partial charge < -0.3 is 10.1 Å². The lowest BCUT2D eigenvalue weighted by atomic mass is 10.1. The molecule has 20 heavy (non-hydrogen) atoms. The Morgan fingerprint density at radius 1 is 1.10 bits per heavy atom. The molecule has 2 aromatic carbocycles. The smallest absolute Gasteiger partial charge is 0.387 e. The van der Waals surface area contributed by atoms with Gasteiger partial charge in [0.25, 0.3) is 0 Å². The number of rotatable bonds is 5. The van der Waals surface area contributed by atoms with E-state index in [9.17, 15) is 8.78 Å². The van der Waals surface area contributed by atoms with Crippen molar-refractivity contribution in [1.82, 2.24) is 0 Å². The highest BCUT2D eigenvalue weighted by Gasteiger charge is 2.05. The summed E-state index contributed by atoms with van der Waals surface area (Å²) in [6.07, 6.45) is 0. The molecule has 0 aliphatic heterocycles. The monoisotopic (exact) mass is 277 g/mol. The minimum absolute atomic E-state index is 0.158. The number of hydrogen-bond acceptors (Lipinski definition) is 2. The average Bonchev–Trinajstić information content (AvgIpc) is 2.37. The number of hydrogen-bond donors (Lipinski definition) is 1. The second kappa shape index (κ2) is 6.37. The van der Waals surface area contributed by atoms with Gasteiger partial charge in [-0.05, 0) is 37.1 Å². The highest BCUT2D eigenvalue weighted by Crippen LogP contribution is 2.20. The first-order valence-corrected chi connectivity index (χ1v) is 6.39. The Bertz CT molecular complexity index is 584. The van der Waals surface area contributed by atoms with E-state index >= 15 is 0 Å². The van der Waals surface area contributed by atoms with E-state index in [2.05, 4.69) is 42.1 Å². The zero-order valence-electron chi connectivity index (χ0n) is 11.5. The fraction of sp³-hybridized carbons (Fsp3) is 0.250. The van der Waals surface area contributed by atoms with Gasteiger partial charge >= 0.3 is 6.61 Å². The molecular formula is C16H17F2NO. The van der Waals surface area contributed by atoms with Crippen LogP contribution in [0.1, 0.15) is 16.7 Å². The molecule has 2 nitrogen and oxygen atoms in total. The van der Waals surface area contributed by atoms with E-state index in [-0.39, 0.29) is 5.75 Å². The van der Waals surface area contributed by atoms with Gasteiger partial charge in [0.05, 0.1) is 0 Å². The summed E-state index contributed by atoms with van der Waals surface area (Å²) in [6.45, 7) is 1.95. The number of halogens is 2. The lowest BCUT2D eigenvalue weighted by Crippen LogP contribution is -2.04. The predicted octanol–water partition coefficient (Wildman–Crippen LogP) is 4.52. The highest BCUT2D eigenvalue weighted by atomic mass is 19.3. The third-order valence-electron chi connectivity index (χ3n) is 3.04. The minimum atomic E-state index is -2.80. The first-order valence-electron chi connectivity index (χ1n) is 6.39. The van der Waals surface area contributed by atoms with E-state index in [1.165, 1.54) is 22.8 Å². The molecule has 0 radical (unpaired) electrons. The van der Waals surface area contributed by atoms with Crippen LogP contribution in [0.15, 0.2) is 42.5 Å². The predicted molar refractivity (Wildman–Crippen MR) is 76.3 cm³/mol. The van der Waals surface area contributed by atoms with Gasteiger partial charge in [-0.1, -0.05) is 29.8 Å². The van der Waals surface area contributed by atoms with Crippen LogP contribution in [0, 0.1) is 13.8 Å². The van der Waals surface area contributed by atoms with Crippen molar-refractivity contribution in [2.75, 3.05) is 5.32 Å². The number of alkyl halides is 2. The minimum Gasteiger partial charge on any atom is -0.435 e. The molecule has 0 fully saturated rings. The normalized spacial score (nSPS) is 10.7. The summed E-state index contributed by atoms with van der Waals surface area (Å²) in [5, 5.41) is 3.21. The standard InChI is InChI=1S/C16H17F2NO/c1-11-6-7-13(12(2)8-11)10-19-14-4-3-5-15(9-14)20-16(17)18/h3-9,16,19H,10H2,1-2H3. The first kappa shape index (κ1) is 14.3. The maximum Gasteiger partial charge on any atom is 0.387 e. The Hall–Kier alpha value is -2.10. The second-order valence-electron chi connectivity index (χ2n) is 4.69. The van der Waals surface area contributed by atoms with E-state index in [1.807, 2.05) is 6.07 Å². The molecule has 2 aromatic rings. The van der Waals surface area contributed by atoms with Crippen LogP contribution >= 0.6 is 0 Å². The molecule has 106 valence electrons. The summed E-state index contributed by atoms with van der Waals surface area (Å²) in [7, 11) is 0. The molecule has 1 N–H and O–H groups in total. The molecule has 0 aliphatic rings. The highest BCUT2D eigenvalue weighted by molar-refractivity contribution is 5.49. The van der Waals surface area contributed by atoms with Crippen LogP contribution < -0.4 is 10.1 Å². The molecule has 0 heterocycles. The quantitative estimate of drug-likeness (QED) is 0.867. The van der Waals surface area contributed by atoms with Crippen LogP contribution in [-0.4, -0.2) is 6.61 Å². The third-order valence-corrected chi connectivity index (χ3v) is 3.04. The average molecular weight is 277 g/mol. The van der Waals surface area contributed by atoms with Gasteiger partial charge in [0.2, 0.25) is 0 Å². The summed E-state index contributed by atoms with van der Waals surface area (Å²) in [5.41, 5.74) is 4.36. The molecule has 0 saturated heterocycles. The zero-order chi connectivity index (χ0) is 14.5. The number of ether oxygens (including phenoxy) is 1. The number of nitrogens with one attached hydrogen (secondary N) is 1. The van der Waals surface area contributed by atoms with E-state index in [4.69, 9.17) is 0 Å². The van der Waals surface area contributed by atoms with Crippen molar-refractivity contribution in [3.8, 4) is 5.75 Å². The van der Waals surface area contributed by atoms with Crippen molar-refractivity contribution < 1.29 is 13.5 Å². The molecule has 0 saturated carbocycles. The summed E-state index contributed by atoms with van der Waals surface area (Å²) < 4.78 is 28.7. The Kier molecular flexibility index (Phi) is 4.56. The van der Waals surface area contributed by atoms with E-state index in [1.54, 1.807) is 12.1 Å². The van der Waals surface area contributed by atoms with Crippen molar-refractivity contribution in [3.05, 3.63) is 59.2 Å². The van der Waals surface area contributed by atoms with Crippen molar-refractivity contribution in [2.45, 2.75) is 27.0 Å². The SMILES string of the molecule is Cc1ccc(CNc2cccc(OC(F)F)c2)c(C)c1. The summed E-state index contributed by atoms with van der Waals surface area (Å²) >= 11 is 0. The van der Waals surface area contributed by atoms with Gasteiger partial charge in [-0.25, -0.2) is 0 Å². The van der Waals surface area contributed by atoms with Crippen molar-refractivity contribution in [1.29, 1.82) is 0 Å². The molecule has 0 atom stereocenters. The maximum absolute atomic E-state index is 12.2. The molecule has 0 aromatic heterocycles. The summed E-state index contributed by atoms with van der Waals surface area (Å²) in [6, 6.07) is 12.8. The van der Waals surface area contributed by atoms with Crippen LogP contribution in [0.5, 0.6) is 5.75 Å². The molecule has 2 rings (SSSR count). The Balaban J connectivity index is 2.03. The fourth-order valence-electron chi connectivity index (χ4n) is 2.02. The van der Waals surface area contributed by atoms with Gasteiger partial charge in [0.1, 0.15) is 5.75 Å². The van der Waals surface area contributed by atoms with Crippen LogP contribution in [0.3, 0.4) is 0 Å². The van der Waals surface area contributed by atoms with E-state index in [0.717, 1.165) is 5.69 Å². The Labute approximate surface area is 117 Å². The van der Waals surface area contributed by atoms with Gasteiger partial charge in [-0.3, -0.25) is 0 Å². The largest absolute Gasteiger partial charge is 0.435 e. The molecular weight excluding hydrogens is 260 g/mol. The molecule has 0 bridgehead atoms. The summed E-state index contributed by atoms with van der Waals surface area (Å²) in [4.78, 5) is 0. The topological polar surface area (TPSA) is 21.3 Å². The first-order chi connectivity index (χ1) is 9.54. The number of aryl methyl sites for hydroxylation is 2. The molecule has 0 aliphatic carbocycles. The van der Waals surface area contributed by atoms with Crippen LogP contribution in [0.2, 0.25) is 0 Å². The van der Waals surface area contributed by atoms with Crippen LogP contribution in [0.4, 0.5) is 14.5 Å². The Morgan fingerprint density at radius 2 is 1.90 bits per heavy atom. The second-order valence-corrected chi connectivity index (χ2v) is 4.69. The lowest BCUT2D eigenvalue weighted by molar-refractivity contribution is -0.0498. The van der Waals surface area contributed by atoms with Gasteiger partial charge in [-0.15, -0.1) is 0 Å². The summed E-state index contributed by atoms with van der Waals surface area (Å²) in [5.74, 6) is 0.158. The number of benzene rings is 2. The van der Waals surface area contributed by atoms with Crippen molar-refractivity contribution >= 4 is 5.69 Å². The van der Waals surface area contributed by atoms with Gasteiger partial charge in [0.15, 0.2) is 0 Å². The van der Waals surface area contributed by atoms with Gasteiger partial charge in [-0.2, -0.15) is 8.78 Å². The fourth-order valence-corrected chi connectivity index (χ4v) is 2.02. The molecule has 0 amide bonds. The molecule has 0 spiro atoms. The van der Waals surface area contributed by atoms with Gasteiger partial charge in [0, 0.05) is 18.3 Å². The lowest BCUT2D eigenvalue weighted by Gasteiger charge is -2.11. The third kappa shape index (κ3) is 3.95. The number of anilines is 1. The van der Waals surface area contributed by atoms with E-state index in [0.29, 0.717) is 6.54 Å². The maximum atomic E-state index is 12.2. The van der Waals surface area contributed by atoms with Crippen LogP contribution in [-0.2, 0) is 6.54 Å². The molecule has 0 unspecified atom stereocenters. The van der Waals surface area contributed by atoms with E-state index < -0.39 is 6.61 Å². The van der Waals surface area contributed by atoms with Crippen LogP contribution in [0.25, 0.3) is 0 Å².